The highest BCUT2D eigenvalue weighted by Crippen LogP contribution is 2.15. The van der Waals surface area contributed by atoms with E-state index in [1.165, 1.54) is 0 Å². The number of ether oxygens (including phenoxy) is 1. The maximum absolute atomic E-state index is 10.4. The maximum Gasteiger partial charge on any atom is 0.0820 e. The molecule has 0 aromatic heterocycles. The van der Waals surface area contributed by atoms with Crippen LogP contribution in [0.5, 0.6) is 0 Å². The first-order valence-corrected chi connectivity index (χ1v) is 3.62. The van der Waals surface area contributed by atoms with E-state index in [1.54, 1.807) is 6.92 Å². The zero-order valence-corrected chi connectivity index (χ0v) is 7.45. The van der Waals surface area contributed by atoms with Gasteiger partial charge in [0.15, 0.2) is 0 Å². The second-order valence-electron chi connectivity index (χ2n) is 0.981. The summed E-state index contributed by atoms with van der Waals surface area (Å²) in [6.07, 6.45) is 0. The molecule has 0 bridgehead atoms. The topological polar surface area (TPSA) is 32.3 Å². The van der Waals surface area contributed by atoms with Crippen LogP contribution in [0.15, 0.2) is 9.34 Å². The first-order chi connectivity index (χ1) is 3.68. The summed E-state index contributed by atoms with van der Waals surface area (Å²) < 4.78 is 4.86. The van der Waals surface area contributed by atoms with Gasteiger partial charge in [-0.2, -0.15) is 0 Å². The van der Waals surface area contributed by atoms with Gasteiger partial charge in [0, 0.05) is 0 Å². The van der Waals surface area contributed by atoms with Crippen LogP contribution in [0.25, 0.3) is 0 Å². The normalized spacial score (nSPS) is 8.38. The minimum absolute atomic E-state index is 0.326. The molecule has 0 atom stereocenters. The molecule has 0 aliphatic heterocycles. The molecule has 2 nitrogen and oxygen atoms in total. The Bertz CT molecular complexity index is 96.2. The van der Waals surface area contributed by atoms with Crippen LogP contribution in [0.4, 0.5) is 0 Å². The molecule has 0 N–H and O–H groups in total. The summed E-state index contributed by atoms with van der Waals surface area (Å²) in [7, 11) is 0. The summed E-state index contributed by atoms with van der Waals surface area (Å²) in [4.78, 5) is 0. The Hall–Kier alpha value is 0.300. The first kappa shape index (κ1) is 8.30. The lowest BCUT2D eigenvalue weighted by Crippen LogP contribution is -2.07. The highest BCUT2D eigenvalue weighted by molar-refractivity contribution is 9.28. The average molecular weight is 245 g/mol. The van der Waals surface area contributed by atoms with Crippen LogP contribution in [-0.4, -0.2) is 6.61 Å². The van der Waals surface area contributed by atoms with Crippen molar-refractivity contribution in [2.75, 3.05) is 6.61 Å². The fourth-order valence-electron chi connectivity index (χ4n) is 0.186. The van der Waals surface area contributed by atoms with Crippen LogP contribution < -0.4 is 5.11 Å². The first-order valence-electron chi connectivity index (χ1n) is 2.03. The summed E-state index contributed by atoms with van der Waals surface area (Å²) in [6, 6.07) is 0. The Morgan fingerprint density at radius 3 is 2.25 bits per heavy atom. The van der Waals surface area contributed by atoms with Gasteiger partial charge in [-0.05, 0) is 38.5 Å². The third-order valence-electron chi connectivity index (χ3n) is 0.430. The van der Waals surface area contributed by atoms with Crippen molar-refractivity contribution in [1.82, 2.24) is 0 Å². The molecule has 0 spiro atoms. The molecule has 0 aromatic rings. The van der Waals surface area contributed by atoms with E-state index in [9.17, 15) is 5.11 Å². The lowest BCUT2D eigenvalue weighted by molar-refractivity contribution is -0.356. The Balaban J connectivity index is 3.62. The molecule has 0 aliphatic rings. The SMILES string of the molecule is CCOC([O-])=C(Br)Br. The average Bonchev–Trinajstić information content (AvgIpc) is 1.67. The van der Waals surface area contributed by atoms with Crippen LogP contribution in [0, 0.1) is 0 Å². The summed E-state index contributed by atoms with van der Waals surface area (Å²) in [5.74, 6) is -0.368. The Morgan fingerprint density at radius 2 is 2.12 bits per heavy atom. The van der Waals surface area contributed by atoms with E-state index in [-0.39, 0.29) is 5.95 Å². The predicted octanol–water partition coefficient (Wildman–Crippen LogP) is 1.30. The summed E-state index contributed by atoms with van der Waals surface area (Å²) in [5, 5.41) is 10.4. The second-order valence-corrected chi connectivity index (χ2v) is 3.63. The van der Waals surface area contributed by atoms with Crippen LogP contribution in [0.2, 0.25) is 0 Å². The van der Waals surface area contributed by atoms with Crippen molar-refractivity contribution < 1.29 is 9.84 Å². The molecular weight excluding hydrogens is 240 g/mol. The van der Waals surface area contributed by atoms with Crippen molar-refractivity contribution in [1.29, 1.82) is 0 Å². The molecule has 0 aromatic carbocycles. The minimum atomic E-state index is -0.368. The van der Waals surface area contributed by atoms with Crippen LogP contribution in [0.3, 0.4) is 0 Å². The van der Waals surface area contributed by atoms with E-state index >= 15 is 0 Å². The van der Waals surface area contributed by atoms with Crippen LogP contribution >= 0.6 is 31.9 Å². The van der Waals surface area contributed by atoms with E-state index in [4.69, 9.17) is 0 Å². The second kappa shape index (κ2) is 4.21. The molecule has 0 amide bonds. The van der Waals surface area contributed by atoms with Crippen LogP contribution in [-0.2, 0) is 4.74 Å². The van der Waals surface area contributed by atoms with Gasteiger partial charge in [0.05, 0.1) is 9.34 Å². The summed E-state index contributed by atoms with van der Waals surface area (Å²) in [6.45, 7) is 2.15. The molecule has 0 rings (SSSR count). The molecule has 48 valence electrons. The van der Waals surface area contributed by atoms with Crippen molar-refractivity contribution in [3.8, 4) is 0 Å². The van der Waals surface area contributed by atoms with Crippen molar-refractivity contribution in [2.45, 2.75) is 6.92 Å². The molecule has 4 heteroatoms. The van der Waals surface area contributed by atoms with Gasteiger partial charge in [-0.1, -0.05) is 6.92 Å². The minimum Gasteiger partial charge on any atom is -0.612 e. The van der Waals surface area contributed by atoms with Crippen molar-refractivity contribution in [3.05, 3.63) is 9.34 Å². The molecule has 0 heterocycles. The lowest BCUT2D eigenvalue weighted by Gasteiger charge is -2.11. The standard InChI is InChI=1S/C4H6Br2O2/c1-2-8-4(7)3(5)6/h7H,2H2,1H3/p-1. The van der Waals surface area contributed by atoms with Crippen molar-refractivity contribution >= 4 is 31.9 Å². The molecule has 0 radical (unpaired) electrons. The highest BCUT2D eigenvalue weighted by Gasteiger charge is 1.83. The molecular formula is C4H5Br2O2-. The number of halogens is 2. The number of hydrogen-bond acceptors (Lipinski definition) is 2. The lowest BCUT2D eigenvalue weighted by atomic mass is 10.8. The smallest absolute Gasteiger partial charge is 0.0820 e. The van der Waals surface area contributed by atoms with Gasteiger partial charge in [0.2, 0.25) is 0 Å². The van der Waals surface area contributed by atoms with E-state index < -0.39 is 0 Å². The fourth-order valence-corrected chi connectivity index (χ4v) is 0.415. The van der Waals surface area contributed by atoms with Gasteiger partial charge in [0.1, 0.15) is 0 Å². The largest absolute Gasteiger partial charge is 0.612 e. The summed E-state index contributed by atoms with van der Waals surface area (Å²) in [5.41, 5.74) is 0. The van der Waals surface area contributed by atoms with E-state index in [0.29, 0.717) is 10.00 Å². The fraction of sp³-hybridized carbons (Fsp3) is 0.500. The third-order valence-corrected chi connectivity index (χ3v) is 1.08. The van der Waals surface area contributed by atoms with Crippen molar-refractivity contribution in [3.63, 3.8) is 0 Å². The molecule has 0 saturated heterocycles. The van der Waals surface area contributed by atoms with Gasteiger partial charge in [-0.3, -0.25) is 0 Å². The Kier molecular flexibility index (Phi) is 4.36. The monoisotopic (exact) mass is 243 g/mol. The van der Waals surface area contributed by atoms with Gasteiger partial charge >= 0.3 is 0 Å². The molecule has 0 fully saturated rings. The van der Waals surface area contributed by atoms with Gasteiger partial charge in [-0.15, -0.1) is 0 Å². The van der Waals surface area contributed by atoms with E-state index in [0.717, 1.165) is 0 Å². The van der Waals surface area contributed by atoms with E-state index in [2.05, 4.69) is 36.6 Å². The zero-order valence-electron chi connectivity index (χ0n) is 4.28. The predicted molar refractivity (Wildman–Crippen MR) is 36.5 cm³/mol. The van der Waals surface area contributed by atoms with Gasteiger partial charge in [0.25, 0.3) is 0 Å². The number of hydrogen-bond donors (Lipinski definition) is 0. The molecule has 8 heavy (non-hydrogen) atoms. The Morgan fingerprint density at radius 1 is 1.62 bits per heavy atom. The Labute approximate surface area is 64.8 Å². The molecule has 0 saturated carbocycles. The molecule has 0 unspecified atom stereocenters. The van der Waals surface area contributed by atoms with Gasteiger partial charge < -0.3 is 9.84 Å². The number of rotatable bonds is 2. The van der Waals surface area contributed by atoms with Crippen LogP contribution in [0.1, 0.15) is 6.92 Å². The van der Waals surface area contributed by atoms with Crippen molar-refractivity contribution in [2.24, 2.45) is 0 Å². The van der Waals surface area contributed by atoms with E-state index in [1.807, 2.05) is 0 Å². The highest BCUT2D eigenvalue weighted by atomic mass is 79.9. The molecule has 0 aliphatic carbocycles. The zero-order chi connectivity index (χ0) is 6.57. The van der Waals surface area contributed by atoms with Gasteiger partial charge in [-0.25, -0.2) is 0 Å². The summed E-state index contributed by atoms with van der Waals surface area (Å²) >= 11 is 5.80. The maximum atomic E-state index is 10.4. The quantitative estimate of drug-likeness (QED) is 0.686. The third kappa shape index (κ3) is 3.32.